The lowest BCUT2D eigenvalue weighted by Crippen LogP contribution is -2.08. The molecule has 0 bridgehead atoms. The number of nitrogens with one attached hydrogen (secondary N) is 1. The molecule has 3 heterocycles. The van der Waals surface area contributed by atoms with Gasteiger partial charge in [0.05, 0.1) is 24.8 Å². The molecule has 0 unspecified atom stereocenters. The largest absolute Gasteiger partial charge is 0.199 e. The van der Waals surface area contributed by atoms with Crippen LogP contribution in [0.5, 0.6) is 0 Å². The standard InChI is InChI=1S/C6H5N9/c1-2-10-15(9-1)6-4-8-13-14(6)5-3-7-12-11-5/h1-4H,(H,7,11,12). The van der Waals surface area contributed by atoms with Crippen LogP contribution in [0.3, 0.4) is 0 Å². The van der Waals surface area contributed by atoms with Crippen LogP contribution in [0.15, 0.2) is 24.8 Å². The smallest absolute Gasteiger partial charge is 0.196 e. The van der Waals surface area contributed by atoms with Crippen LogP contribution in [-0.2, 0) is 0 Å². The van der Waals surface area contributed by atoms with E-state index in [-0.39, 0.29) is 0 Å². The molecule has 9 nitrogen and oxygen atoms in total. The molecule has 0 aliphatic heterocycles. The molecular formula is C6H5N9. The summed E-state index contributed by atoms with van der Waals surface area (Å²) in [5, 5.41) is 25.6. The Morgan fingerprint density at radius 2 is 2.00 bits per heavy atom. The van der Waals surface area contributed by atoms with E-state index in [4.69, 9.17) is 0 Å². The normalized spacial score (nSPS) is 10.7. The Hall–Kier alpha value is -2.58. The monoisotopic (exact) mass is 203 g/mol. The van der Waals surface area contributed by atoms with Crippen molar-refractivity contribution >= 4 is 0 Å². The van der Waals surface area contributed by atoms with Crippen LogP contribution < -0.4 is 0 Å². The van der Waals surface area contributed by atoms with E-state index in [1.54, 1.807) is 12.4 Å². The van der Waals surface area contributed by atoms with Gasteiger partial charge in [-0.05, 0) is 0 Å². The SMILES string of the molecule is c1cnn(-c2cnnn2-c2cn[nH]n2)n1. The average molecular weight is 203 g/mol. The first-order valence-corrected chi connectivity index (χ1v) is 4.09. The van der Waals surface area contributed by atoms with E-state index < -0.39 is 0 Å². The fraction of sp³-hybridized carbons (Fsp3) is 0. The molecule has 0 amide bonds. The zero-order valence-corrected chi connectivity index (χ0v) is 7.39. The lowest BCUT2D eigenvalue weighted by molar-refractivity contribution is 0.671. The van der Waals surface area contributed by atoms with E-state index in [0.29, 0.717) is 11.6 Å². The van der Waals surface area contributed by atoms with Crippen molar-refractivity contribution in [2.24, 2.45) is 0 Å². The Bertz CT molecular complexity index is 484. The zero-order chi connectivity index (χ0) is 10.1. The molecule has 3 aromatic heterocycles. The van der Waals surface area contributed by atoms with Crippen molar-refractivity contribution in [2.45, 2.75) is 0 Å². The van der Waals surface area contributed by atoms with Gasteiger partial charge in [0.1, 0.15) is 0 Å². The minimum Gasteiger partial charge on any atom is -0.196 e. The van der Waals surface area contributed by atoms with Crippen LogP contribution in [0, 0.1) is 0 Å². The number of aromatic nitrogens is 9. The van der Waals surface area contributed by atoms with Crippen molar-refractivity contribution in [3.63, 3.8) is 0 Å². The molecule has 1 N–H and O–H groups in total. The fourth-order valence-corrected chi connectivity index (χ4v) is 1.16. The molecule has 0 aliphatic rings. The summed E-state index contributed by atoms with van der Waals surface area (Å²) in [5.74, 6) is 1.12. The third-order valence-electron chi connectivity index (χ3n) is 1.77. The number of hydrogen-bond donors (Lipinski definition) is 1. The highest BCUT2D eigenvalue weighted by Gasteiger charge is 2.10. The highest BCUT2D eigenvalue weighted by atomic mass is 15.6. The second kappa shape index (κ2) is 2.97. The van der Waals surface area contributed by atoms with Crippen LogP contribution in [0.4, 0.5) is 0 Å². The highest BCUT2D eigenvalue weighted by Crippen LogP contribution is 2.06. The number of nitrogens with zero attached hydrogens (tertiary/aromatic N) is 8. The van der Waals surface area contributed by atoms with Gasteiger partial charge in [-0.1, -0.05) is 5.21 Å². The predicted octanol–water partition coefficient (Wildman–Crippen LogP) is -1.03. The Morgan fingerprint density at radius 3 is 2.73 bits per heavy atom. The first-order chi connectivity index (χ1) is 7.45. The third-order valence-corrected chi connectivity index (χ3v) is 1.77. The summed E-state index contributed by atoms with van der Waals surface area (Å²) in [7, 11) is 0. The maximum atomic E-state index is 3.98. The maximum absolute atomic E-state index is 3.98. The Morgan fingerprint density at radius 1 is 1.13 bits per heavy atom. The summed E-state index contributed by atoms with van der Waals surface area (Å²) in [6.45, 7) is 0. The zero-order valence-electron chi connectivity index (χ0n) is 7.39. The summed E-state index contributed by atoms with van der Waals surface area (Å²) < 4.78 is 1.48. The Balaban J connectivity index is 2.15. The molecule has 3 aromatic rings. The lowest BCUT2D eigenvalue weighted by atomic mass is 10.7. The van der Waals surface area contributed by atoms with Crippen LogP contribution in [-0.4, -0.2) is 45.4 Å². The molecule has 0 saturated carbocycles. The van der Waals surface area contributed by atoms with E-state index in [9.17, 15) is 0 Å². The van der Waals surface area contributed by atoms with Crippen molar-refractivity contribution in [3.8, 4) is 11.6 Å². The molecule has 74 valence electrons. The summed E-state index contributed by atoms with van der Waals surface area (Å²) in [4.78, 5) is 1.40. The average Bonchev–Trinajstić information content (AvgIpc) is 3.01. The van der Waals surface area contributed by atoms with Gasteiger partial charge in [0.15, 0.2) is 11.6 Å². The second-order valence-corrected chi connectivity index (χ2v) is 2.65. The van der Waals surface area contributed by atoms with Gasteiger partial charge in [0.2, 0.25) is 0 Å². The number of aromatic amines is 1. The highest BCUT2D eigenvalue weighted by molar-refractivity contribution is 5.25. The van der Waals surface area contributed by atoms with E-state index in [2.05, 4.69) is 35.9 Å². The van der Waals surface area contributed by atoms with Gasteiger partial charge < -0.3 is 0 Å². The van der Waals surface area contributed by atoms with Crippen molar-refractivity contribution in [1.29, 1.82) is 0 Å². The molecular weight excluding hydrogens is 198 g/mol. The first-order valence-electron chi connectivity index (χ1n) is 4.09. The molecule has 0 spiro atoms. The van der Waals surface area contributed by atoms with Crippen molar-refractivity contribution < 1.29 is 0 Å². The lowest BCUT2D eigenvalue weighted by Gasteiger charge is -1.98. The number of rotatable bonds is 2. The Labute approximate surface area is 82.7 Å². The molecule has 15 heavy (non-hydrogen) atoms. The van der Waals surface area contributed by atoms with Crippen molar-refractivity contribution in [2.75, 3.05) is 0 Å². The van der Waals surface area contributed by atoms with Gasteiger partial charge >= 0.3 is 0 Å². The van der Waals surface area contributed by atoms with E-state index >= 15 is 0 Å². The number of hydrogen-bond acceptors (Lipinski definition) is 6. The van der Waals surface area contributed by atoms with Crippen LogP contribution in [0.1, 0.15) is 0 Å². The Kier molecular flexibility index (Phi) is 1.54. The van der Waals surface area contributed by atoms with Crippen LogP contribution in [0.2, 0.25) is 0 Å². The molecule has 0 fully saturated rings. The molecule has 0 radical (unpaired) electrons. The fourth-order valence-electron chi connectivity index (χ4n) is 1.16. The predicted molar refractivity (Wildman–Crippen MR) is 46.2 cm³/mol. The molecule has 0 aliphatic carbocycles. The van der Waals surface area contributed by atoms with Gasteiger partial charge in [-0.15, -0.1) is 15.0 Å². The summed E-state index contributed by atoms with van der Waals surface area (Å²) >= 11 is 0. The van der Waals surface area contributed by atoms with E-state index in [0.717, 1.165) is 0 Å². The maximum Gasteiger partial charge on any atom is 0.199 e. The summed E-state index contributed by atoms with van der Waals surface area (Å²) in [6, 6.07) is 0. The molecule has 0 aromatic carbocycles. The molecule has 9 heteroatoms. The van der Waals surface area contributed by atoms with Gasteiger partial charge in [0.25, 0.3) is 0 Å². The van der Waals surface area contributed by atoms with Crippen LogP contribution in [0.25, 0.3) is 11.6 Å². The van der Waals surface area contributed by atoms with Crippen molar-refractivity contribution in [1.82, 2.24) is 45.4 Å². The van der Waals surface area contributed by atoms with E-state index in [1.807, 2.05) is 0 Å². The molecule has 3 rings (SSSR count). The van der Waals surface area contributed by atoms with Crippen LogP contribution >= 0.6 is 0 Å². The van der Waals surface area contributed by atoms with Gasteiger partial charge in [0, 0.05) is 0 Å². The minimum absolute atomic E-state index is 0.528. The minimum atomic E-state index is 0.528. The van der Waals surface area contributed by atoms with Gasteiger partial charge in [-0.3, -0.25) is 0 Å². The molecule has 0 saturated heterocycles. The third kappa shape index (κ3) is 1.17. The molecule has 0 atom stereocenters. The summed E-state index contributed by atoms with van der Waals surface area (Å²) in [6.07, 6.45) is 6.20. The first kappa shape index (κ1) is 7.79. The number of H-pyrrole nitrogens is 1. The topological polar surface area (TPSA) is 103 Å². The quantitative estimate of drug-likeness (QED) is 0.571. The van der Waals surface area contributed by atoms with Gasteiger partial charge in [-0.25, -0.2) is 0 Å². The summed E-state index contributed by atoms with van der Waals surface area (Å²) in [5.41, 5.74) is 0. The van der Waals surface area contributed by atoms with Gasteiger partial charge in [-0.2, -0.15) is 25.2 Å². The second-order valence-electron chi connectivity index (χ2n) is 2.65. The van der Waals surface area contributed by atoms with E-state index in [1.165, 1.54) is 21.9 Å². The van der Waals surface area contributed by atoms with Crippen molar-refractivity contribution in [3.05, 3.63) is 24.8 Å².